The summed E-state index contributed by atoms with van der Waals surface area (Å²) in [6.07, 6.45) is 0. The third-order valence-corrected chi connectivity index (χ3v) is 7.62. The van der Waals surface area contributed by atoms with Crippen LogP contribution < -0.4 is 10.2 Å². The second kappa shape index (κ2) is 10.9. The summed E-state index contributed by atoms with van der Waals surface area (Å²) >= 11 is 8.03. The van der Waals surface area contributed by atoms with Gasteiger partial charge in [-0.05, 0) is 35.7 Å². The van der Waals surface area contributed by atoms with Gasteiger partial charge in [-0.15, -0.1) is 11.8 Å². The van der Waals surface area contributed by atoms with Crippen LogP contribution >= 0.6 is 23.4 Å². The maximum absolute atomic E-state index is 14.4. The van der Waals surface area contributed by atoms with Crippen molar-refractivity contribution >= 4 is 41.0 Å². The van der Waals surface area contributed by atoms with Crippen LogP contribution in [-0.2, 0) is 15.0 Å². The quantitative estimate of drug-likeness (QED) is 0.421. The Labute approximate surface area is 226 Å². The number of fused-ring (bicyclic) bond motifs is 1. The maximum atomic E-state index is 14.4. The SMILES string of the molecule is CC(C)CNC(=O)CN1C(=O)CS[C@H](c2cccc(F)c2)c2c(C(C)(C)C)nn(-c3ccccc3Cl)c21. The van der Waals surface area contributed by atoms with Crippen LogP contribution in [0.15, 0.2) is 48.5 Å². The van der Waals surface area contributed by atoms with Gasteiger partial charge in [-0.1, -0.05) is 70.5 Å². The molecule has 2 amide bonds. The predicted octanol–water partition coefficient (Wildman–Crippen LogP) is 5.90. The van der Waals surface area contributed by atoms with Gasteiger partial charge in [-0.25, -0.2) is 9.07 Å². The summed E-state index contributed by atoms with van der Waals surface area (Å²) in [7, 11) is 0. The van der Waals surface area contributed by atoms with Crippen LogP contribution in [0.1, 0.15) is 56.7 Å². The molecule has 1 aromatic heterocycles. The van der Waals surface area contributed by atoms with E-state index in [1.165, 1.54) is 28.8 Å². The van der Waals surface area contributed by atoms with E-state index in [2.05, 4.69) is 5.32 Å². The molecule has 9 heteroatoms. The second-order valence-electron chi connectivity index (χ2n) is 10.6. The largest absolute Gasteiger partial charge is 0.354 e. The molecular weight excluding hydrogens is 511 g/mol. The molecule has 1 aliphatic rings. The number of rotatable bonds is 6. The molecule has 1 aliphatic heterocycles. The van der Waals surface area contributed by atoms with Crippen molar-refractivity contribution in [3.63, 3.8) is 0 Å². The minimum atomic E-state index is -0.415. The monoisotopic (exact) mass is 542 g/mol. The first-order valence-electron chi connectivity index (χ1n) is 12.3. The minimum absolute atomic E-state index is 0.124. The van der Waals surface area contributed by atoms with Crippen molar-refractivity contribution in [1.82, 2.24) is 15.1 Å². The molecule has 37 heavy (non-hydrogen) atoms. The number of halogens is 2. The van der Waals surface area contributed by atoms with E-state index in [0.29, 0.717) is 23.1 Å². The van der Waals surface area contributed by atoms with Crippen molar-refractivity contribution in [2.45, 2.75) is 45.3 Å². The summed E-state index contributed by atoms with van der Waals surface area (Å²) in [6, 6.07) is 13.7. The molecule has 0 fully saturated rings. The number of amides is 2. The van der Waals surface area contributed by atoms with Crippen LogP contribution in [0.25, 0.3) is 5.69 Å². The normalized spacial score (nSPS) is 16.1. The second-order valence-corrected chi connectivity index (χ2v) is 12.1. The van der Waals surface area contributed by atoms with Crippen LogP contribution in [0.4, 0.5) is 10.2 Å². The number of benzene rings is 2. The predicted molar refractivity (Wildman–Crippen MR) is 148 cm³/mol. The standard InChI is InChI=1S/C28H32ClFN4O2S/c1-17(2)14-31-22(35)15-33-23(36)16-37-25(18-9-8-10-19(30)13-18)24-26(28(3,4)5)32-34(27(24)33)21-12-7-6-11-20(21)29/h6-13,17,25H,14-16H2,1-5H3,(H,31,35)/t25-/m1/s1. The number of para-hydroxylation sites is 1. The number of hydrogen-bond acceptors (Lipinski definition) is 4. The number of thioether (sulfide) groups is 1. The van der Waals surface area contributed by atoms with E-state index in [4.69, 9.17) is 16.7 Å². The van der Waals surface area contributed by atoms with Crippen molar-refractivity contribution < 1.29 is 14.0 Å². The Kier molecular flexibility index (Phi) is 7.99. The van der Waals surface area contributed by atoms with Gasteiger partial charge in [-0.2, -0.15) is 5.10 Å². The van der Waals surface area contributed by atoms with Crippen LogP contribution in [0.5, 0.6) is 0 Å². The summed E-state index contributed by atoms with van der Waals surface area (Å²) in [4.78, 5) is 28.1. The van der Waals surface area contributed by atoms with Gasteiger partial charge in [0.25, 0.3) is 0 Å². The lowest BCUT2D eigenvalue weighted by Gasteiger charge is -2.25. The van der Waals surface area contributed by atoms with Crippen molar-refractivity contribution in [2.24, 2.45) is 5.92 Å². The molecule has 0 saturated carbocycles. The summed E-state index contributed by atoms with van der Waals surface area (Å²) in [5.41, 5.74) is 2.45. The van der Waals surface area contributed by atoms with Gasteiger partial charge in [-0.3, -0.25) is 14.5 Å². The zero-order valence-corrected chi connectivity index (χ0v) is 23.3. The number of carbonyl (C=O) groups is 2. The first-order chi connectivity index (χ1) is 17.5. The Hall–Kier alpha value is -2.84. The molecule has 2 aromatic carbocycles. The number of aromatic nitrogens is 2. The van der Waals surface area contributed by atoms with E-state index < -0.39 is 5.41 Å². The number of nitrogens with one attached hydrogen (secondary N) is 1. The van der Waals surface area contributed by atoms with Crippen LogP contribution in [-0.4, -0.2) is 40.4 Å². The first-order valence-corrected chi connectivity index (χ1v) is 13.7. The van der Waals surface area contributed by atoms with Crippen LogP contribution in [0, 0.1) is 11.7 Å². The molecule has 0 radical (unpaired) electrons. The molecule has 0 bridgehead atoms. The molecule has 2 heterocycles. The third kappa shape index (κ3) is 5.85. The fourth-order valence-corrected chi connectivity index (χ4v) is 5.72. The first kappa shape index (κ1) is 27.2. The lowest BCUT2D eigenvalue weighted by atomic mass is 9.87. The topological polar surface area (TPSA) is 67.2 Å². The highest BCUT2D eigenvalue weighted by atomic mass is 35.5. The van der Waals surface area contributed by atoms with Gasteiger partial charge >= 0.3 is 0 Å². The van der Waals surface area contributed by atoms with Gasteiger partial charge in [0.1, 0.15) is 18.2 Å². The Bertz CT molecular complexity index is 1320. The van der Waals surface area contributed by atoms with Crippen LogP contribution in [0.3, 0.4) is 0 Å². The number of anilines is 1. The Morgan fingerprint density at radius 1 is 1.22 bits per heavy atom. The fourth-order valence-electron chi connectivity index (χ4n) is 4.31. The van der Waals surface area contributed by atoms with E-state index in [-0.39, 0.29) is 41.1 Å². The number of carbonyl (C=O) groups excluding carboxylic acids is 2. The minimum Gasteiger partial charge on any atom is -0.354 e. The smallest absolute Gasteiger partial charge is 0.240 e. The molecule has 1 N–H and O–H groups in total. The maximum Gasteiger partial charge on any atom is 0.240 e. The average Bonchev–Trinajstić information content (AvgIpc) is 3.16. The summed E-state index contributed by atoms with van der Waals surface area (Å²) in [6.45, 7) is 10.5. The average molecular weight is 543 g/mol. The van der Waals surface area contributed by atoms with Gasteiger partial charge < -0.3 is 5.32 Å². The van der Waals surface area contributed by atoms with E-state index in [0.717, 1.165) is 16.8 Å². The van der Waals surface area contributed by atoms with E-state index in [1.807, 2.05) is 58.9 Å². The molecule has 1 atom stereocenters. The zero-order chi connectivity index (χ0) is 26.9. The summed E-state index contributed by atoms with van der Waals surface area (Å²) < 4.78 is 16.0. The summed E-state index contributed by atoms with van der Waals surface area (Å²) in [5, 5.41) is 8.00. The van der Waals surface area contributed by atoms with E-state index in [1.54, 1.807) is 16.8 Å². The Morgan fingerprint density at radius 2 is 1.95 bits per heavy atom. The molecule has 3 aromatic rings. The highest BCUT2D eigenvalue weighted by molar-refractivity contribution is 8.00. The van der Waals surface area contributed by atoms with E-state index in [9.17, 15) is 14.0 Å². The van der Waals surface area contributed by atoms with Gasteiger partial charge in [0.2, 0.25) is 11.8 Å². The molecule has 0 aliphatic carbocycles. The zero-order valence-electron chi connectivity index (χ0n) is 21.7. The third-order valence-electron chi connectivity index (χ3n) is 6.04. The number of nitrogens with zero attached hydrogens (tertiary/aromatic N) is 3. The van der Waals surface area contributed by atoms with Crippen molar-refractivity contribution in [3.05, 3.63) is 76.2 Å². The summed E-state index contributed by atoms with van der Waals surface area (Å²) in [5.74, 6) is 0.0515. The van der Waals surface area contributed by atoms with Crippen LogP contribution in [0.2, 0.25) is 5.02 Å². The Balaban J connectivity index is 1.99. The van der Waals surface area contributed by atoms with Crippen molar-refractivity contribution in [3.8, 4) is 5.69 Å². The lowest BCUT2D eigenvalue weighted by Crippen LogP contribution is -2.43. The number of hydrogen-bond donors (Lipinski definition) is 1. The Morgan fingerprint density at radius 3 is 2.59 bits per heavy atom. The highest BCUT2D eigenvalue weighted by Gasteiger charge is 2.40. The molecular formula is C28H32ClFN4O2S. The van der Waals surface area contributed by atoms with Crippen molar-refractivity contribution in [2.75, 3.05) is 23.7 Å². The molecule has 0 spiro atoms. The van der Waals surface area contributed by atoms with Crippen molar-refractivity contribution in [1.29, 1.82) is 0 Å². The van der Waals surface area contributed by atoms with E-state index >= 15 is 0 Å². The highest BCUT2D eigenvalue weighted by Crippen LogP contribution is 2.48. The van der Waals surface area contributed by atoms with Gasteiger partial charge in [0.05, 0.1) is 27.4 Å². The van der Waals surface area contributed by atoms with Gasteiger partial charge in [0.15, 0.2) is 0 Å². The molecule has 6 nitrogen and oxygen atoms in total. The molecule has 0 saturated heterocycles. The molecule has 0 unspecified atom stereocenters. The lowest BCUT2D eigenvalue weighted by molar-refractivity contribution is -0.123. The molecule has 4 rings (SSSR count). The van der Waals surface area contributed by atoms with Gasteiger partial charge in [0, 0.05) is 17.5 Å². The molecule has 196 valence electrons. The fraction of sp³-hybridized carbons (Fsp3) is 0.393.